The van der Waals surface area contributed by atoms with Gasteiger partial charge < -0.3 is 10.4 Å². The molecule has 1 aliphatic carbocycles. The van der Waals surface area contributed by atoms with Crippen molar-refractivity contribution < 1.29 is 5.11 Å². The smallest absolute Gasteiger partial charge is 0.125 e. The van der Waals surface area contributed by atoms with E-state index >= 15 is 0 Å². The van der Waals surface area contributed by atoms with Gasteiger partial charge in [0.05, 0.1) is 12.3 Å². The van der Waals surface area contributed by atoms with Crippen molar-refractivity contribution in [2.24, 2.45) is 5.92 Å². The maximum atomic E-state index is 9.67. The Morgan fingerprint density at radius 3 is 2.78 bits per heavy atom. The minimum atomic E-state index is -0.106. The van der Waals surface area contributed by atoms with Gasteiger partial charge in [0, 0.05) is 18.3 Å². The first-order valence-electron chi connectivity index (χ1n) is 6.78. The monoisotopic (exact) mass is 249 g/mol. The lowest BCUT2D eigenvalue weighted by atomic mass is 9.77. The van der Waals surface area contributed by atoms with Gasteiger partial charge in [0.25, 0.3) is 0 Å². The van der Waals surface area contributed by atoms with Gasteiger partial charge in [0.2, 0.25) is 0 Å². The van der Waals surface area contributed by atoms with Crippen molar-refractivity contribution in [1.29, 1.82) is 0 Å². The van der Waals surface area contributed by atoms with Gasteiger partial charge in [-0.05, 0) is 44.6 Å². The Morgan fingerprint density at radius 1 is 1.44 bits per heavy atom. The zero-order chi connectivity index (χ0) is 13.0. The van der Waals surface area contributed by atoms with Crippen LogP contribution in [0.4, 0.5) is 0 Å². The molecular formula is C14H23N3O. The molecule has 0 amide bonds. The number of hydrogen-bond acceptors (Lipinski definition) is 4. The van der Waals surface area contributed by atoms with Crippen molar-refractivity contribution in [2.45, 2.75) is 51.6 Å². The first-order chi connectivity index (χ1) is 8.63. The van der Waals surface area contributed by atoms with Gasteiger partial charge in [0.15, 0.2) is 0 Å². The van der Waals surface area contributed by atoms with E-state index in [4.69, 9.17) is 0 Å². The zero-order valence-corrected chi connectivity index (χ0v) is 11.3. The second-order valence-electron chi connectivity index (χ2n) is 5.57. The minimum absolute atomic E-state index is 0.106. The van der Waals surface area contributed by atoms with Crippen molar-refractivity contribution in [2.75, 3.05) is 6.61 Å². The molecule has 0 unspecified atom stereocenters. The molecule has 18 heavy (non-hydrogen) atoms. The predicted molar refractivity (Wildman–Crippen MR) is 71.1 cm³/mol. The Morgan fingerprint density at radius 2 is 2.17 bits per heavy atom. The van der Waals surface area contributed by atoms with E-state index in [2.05, 4.69) is 22.2 Å². The first-order valence-corrected chi connectivity index (χ1v) is 6.78. The van der Waals surface area contributed by atoms with Crippen molar-refractivity contribution in [1.82, 2.24) is 15.3 Å². The third-order valence-corrected chi connectivity index (χ3v) is 4.01. The third kappa shape index (κ3) is 3.27. The largest absolute Gasteiger partial charge is 0.394 e. The Labute approximate surface area is 109 Å². The highest BCUT2D eigenvalue weighted by atomic mass is 16.3. The summed E-state index contributed by atoms with van der Waals surface area (Å²) in [5.41, 5.74) is 0.889. The standard InChI is InChI=1S/C14H23N3O/c1-11-3-6-14(10-18,7-4-11)16-9-13-5-8-15-12(2)17-13/h5,8,11,16,18H,3-4,6-7,9-10H2,1-2H3. The van der Waals surface area contributed by atoms with Gasteiger partial charge in [-0.15, -0.1) is 0 Å². The highest BCUT2D eigenvalue weighted by Gasteiger charge is 2.32. The summed E-state index contributed by atoms with van der Waals surface area (Å²) >= 11 is 0. The molecule has 100 valence electrons. The fraction of sp³-hybridized carbons (Fsp3) is 0.714. The number of aliphatic hydroxyl groups is 1. The SMILES string of the molecule is Cc1nccc(CNC2(CO)CCC(C)CC2)n1. The van der Waals surface area contributed by atoms with Crippen LogP contribution in [0.5, 0.6) is 0 Å². The summed E-state index contributed by atoms with van der Waals surface area (Å²) in [5.74, 6) is 1.58. The van der Waals surface area contributed by atoms with E-state index in [0.717, 1.165) is 30.3 Å². The van der Waals surface area contributed by atoms with E-state index < -0.39 is 0 Å². The lowest BCUT2D eigenvalue weighted by Crippen LogP contribution is -2.50. The molecule has 4 nitrogen and oxygen atoms in total. The molecule has 1 aliphatic rings. The van der Waals surface area contributed by atoms with Gasteiger partial charge in [-0.3, -0.25) is 0 Å². The quantitative estimate of drug-likeness (QED) is 0.854. The summed E-state index contributed by atoms with van der Waals surface area (Å²) in [4.78, 5) is 8.48. The second kappa shape index (κ2) is 5.76. The van der Waals surface area contributed by atoms with E-state index in [9.17, 15) is 5.11 Å². The average molecular weight is 249 g/mol. The summed E-state index contributed by atoms with van der Waals surface area (Å²) in [7, 11) is 0. The average Bonchev–Trinajstić information content (AvgIpc) is 2.39. The molecule has 0 radical (unpaired) electrons. The molecule has 1 saturated carbocycles. The fourth-order valence-electron chi connectivity index (χ4n) is 2.59. The lowest BCUT2D eigenvalue weighted by molar-refractivity contribution is 0.104. The van der Waals surface area contributed by atoms with Gasteiger partial charge in [-0.1, -0.05) is 6.92 Å². The number of aliphatic hydroxyl groups excluding tert-OH is 1. The normalized spacial score (nSPS) is 28.3. The molecule has 2 N–H and O–H groups in total. The molecule has 1 aromatic heterocycles. The number of aryl methyl sites for hydroxylation is 1. The van der Waals surface area contributed by atoms with Crippen LogP contribution in [-0.2, 0) is 6.54 Å². The molecule has 0 bridgehead atoms. The second-order valence-corrected chi connectivity index (χ2v) is 5.57. The fourth-order valence-corrected chi connectivity index (χ4v) is 2.59. The van der Waals surface area contributed by atoms with Crippen molar-refractivity contribution in [3.63, 3.8) is 0 Å². The minimum Gasteiger partial charge on any atom is -0.394 e. The van der Waals surface area contributed by atoms with Crippen LogP contribution in [0.3, 0.4) is 0 Å². The molecule has 0 aromatic carbocycles. The molecule has 1 fully saturated rings. The Bertz CT molecular complexity index is 386. The summed E-state index contributed by atoms with van der Waals surface area (Å²) in [6.45, 7) is 5.10. The Balaban J connectivity index is 1.95. The number of hydrogen-bond donors (Lipinski definition) is 2. The molecular weight excluding hydrogens is 226 g/mol. The third-order valence-electron chi connectivity index (χ3n) is 4.01. The zero-order valence-electron chi connectivity index (χ0n) is 11.3. The number of nitrogens with zero attached hydrogens (tertiary/aromatic N) is 2. The predicted octanol–water partition coefficient (Wildman–Crippen LogP) is 1.82. The Kier molecular flexibility index (Phi) is 4.30. The highest BCUT2D eigenvalue weighted by molar-refractivity contribution is 5.03. The molecule has 0 aliphatic heterocycles. The summed E-state index contributed by atoms with van der Waals surface area (Å²) < 4.78 is 0. The molecule has 1 aromatic rings. The van der Waals surface area contributed by atoms with Crippen LogP contribution in [0.15, 0.2) is 12.3 Å². The van der Waals surface area contributed by atoms with Crippen molar-refractivity contribution in [3.8, 4) is 0 Å². The van der Waals surface area contributed by atoms with Crippen LogP contribution in [0.1, 0.15) is 44.1 Å². The van der Waals surface area contributed by atoms with Crippen LogP contribution in [0.2, 0.25) is 0 Å². The van der Waals surface area contributed by atoms with Gasteiger partial charge in [-0.25, -0.2) is 9.97 Å². The number of nitrogens with one attached hydrogen (secondary N) is 1. The maximum Gasteiger partial charge on any atom is 0.125 e. The van der Waals surface area contributed by atoms with Crippen LogP contribution < -0.4 is 5.32 Å². The summed E-state index contributed by atoms with van der Waals surface area (Å²) in [6, 6.07) is 1.93. The van der Waals surface area contributed by atoms with Crippen LogP contribution in [-0.4, -0.2) is 27.2 Å². The van der Waals surface area contributed by atoms with E-state index in [-0.39, 0.29) is 12.1 Å². The van der Waals surface area contributed by atoms with Gasteiger partial charge in [0.1, 0.15) is 5.82 Å². The van der Waals surface area contributed by atoms with E-state index in [1.165, 1.54) is 12.8 Å². The van der Waals surface area contributed by atoms with E-state index in [1.807, 2.05) is 13.0 Å². The molecule has 1 heterocycles. The molecule has 0 spiro atoms. The van der Waals surface area contributed by atoms with E-state index in [1.54, 1.807) is 6.20 Å². The lowest BCUT2D eigenvalue weighted by Gasteiger charge is -2.39. The van der Waals surface area contributed by atoms with Gasteiger partial charge >= 0.3 is 0 Å². The number of aromatic nitrogens is 2. The van der Waals surface area contributed by atoms with Crippen LogP contribution in [0.25, 0.3) is 0 Å². The molecule has 4 heteroatoms. The highest BCUT2D eigenvalue weighted by Crippen LogP contribution is 2.31. The number of rotatable bonds is 4. The first kappa shape index (κ1) is 13.4. The molecule has 2 rings (SSSR count). The van der Waals surface area contributed by atoms with Crippen LogP contribution >= 0.6 is 0 Å². The van der Waals surface area contributed by atoms with Crippen LogP contribution in [0, 0.1) is 12.8 Å². The Hall–Kier alpha value is -1.00. The van der Waals surface area contributed by atoms with E-state index in [0.29, 0.717) is 6.54 Å². The maximum absolute atomic E-state index is 9.67. The van der Waals surface area contributed by atoms with Crippen molar-refractivity contribution in [3.05, 3.63) is 23.8 Å². The summed E-state index contributed by atoms with van der Waals surface area (Å²) in [5, 5.41) is 13.2. The summed E-state index contributed by atoms with van der Waals surface area (Å²) in [6.07, 6.45) is 6.27. The molecule has 0 atom stereocenters. The molecule has 0 saturated heterocycles. The van der Waals surface area contributed by atoms with Gasteiger partial charge in [-0.2, -0.15) is 0 Å². The van der Waals surface area contributed by atoms with Crippen molar-refractivity contribution >= 4 is 0 Å². The topological polar surface area (TPSA) is 58.0 Å².